The fourth-order valence-electron chi connectivity index (χ4n) is 0.671. The molecule has 0 saturated heterocycles. The van der Waals surface area contributed by atoms with Gasteiger partial charge in [-0.2, -0.15) is 0 Å². The minimum atomic E-state index is 1.19. The number of hydrogen-bond acceptors (Lipinski definition) is 3. The van der Waals surface area contributed by atoms with Gasteiger partial charge in [0, 0.05) is 11.8 Å². The highest BCUT2D eigenvalue weighted by Crippen LogP contribution is 1.81. The molecule has 0 rings (SSSR count). The van der Waals surface area contributed by atoms with E-state index < -0.39 is 0 Å². The van der Waals surface area contributed by atoms with Gasteiger partial charge in [-0.05, 0) is 19.6 Å². The summed E-state index contributed by atoms with van der Waals surface area (Å²) in [6, 6.07) is 0. The minimum Gasteiger partial charge on any atom is -0.304 e. The molecule has 0 saturated carbocycles. The molecule has 0 amide bonds. The summed E-state index contributed by atoms with van der Waals surface area (Å²) in [5, 5.41) is 7.08. The van der Waals surface area contributed by atoms with Crippen molar-refractivity contribution in [3.63, 3.8) is 0 Å². The normalized spacial score (nSPS) is 9.00. The van der Waals surface area contributed by atoms with Crippen LogP contribution in [0.2, 0.25) is 0 Å². The lowest BCUT2D eigenvalue weighted by atomic mass is 10.5. The molecule has 0 radical (unpaired) electrons. The Bertz CT molecular complexity index is 45.5. The lowest BCUT2D eigenvalue weighted by molar-refractivity contribution is 0.251. The quantitative estimate of drug-likeness (QED) is 0.495. The van der Waals surface area contributed by atoms with E-state index in [1.54, 1.807) is 0 Å². The molecule has 10 heavy (non-hydrogen) atoms. The van der Waals surface area contributed by atoms with E-state index in [-0.39, 0.29) is 0 Å². The summed E-state index contributed by atoms with van der Waals surface area (Å²) in [6.07, 6.45) is 0. The van der Waals surface area contributed by atoms with Crippen LogP contribution in [0.1, 0.15) is 20.8 Å². The number of rotatable bonds is 3. The van der Waals surface area contributed by atoms with Crippen molar-refractivity contribution < 1.29 is 5.21 Å². The van der Waals surface area contributed by atoms with Crippen LogP contribution in [-0.4, -0.2) is 29.7 Å². The first-order valence-corrected chi connectivity index (χ1v) is 3.86. The zero-order valence-electron chi connectivity index (χ0n) is 6.89. The van der Waals surface area contributed by atoms with Crippen molar-refractivity contribution in [3.8, 4) is 0 Å². The molecule has 2 N–H and O–H groups in total. The summed E-state index contributed by atoms with van der Waals surface area (Å²) in [4.78, 5) is 3.60. The summed E-state index contributed by atoms with van der Waals surface area (Å²) < 4.78 is 0. The highest BCUT2D eigenvalue weighted by molar-refractivity contribution is 6.12. The van der Waals surface area contributed by atoms with E-state index in [0.29, 0.717) is 0 Å². The van der Waals surface area contributed by atoms with Crippen molar-refractivity contribution in [3.05, 3.63) is 0 Å². The van der Waals surface area contributed by atoms with Crippen molar-refractivity contribution in [2.24, 2.45) is 0 Å². The Morgan fingerprint density at radius 3 is 1.40 bits per heavy atom. The predicted octanol–water partition coefficient (Wildman–Crippen LogP) is 1.47. The topological polar surface area (TPSA) is 35.5 Å². The van der Waals surface area contributed by atoms with Gasteiger partial charge in [0.05, 0.1) is 0 Å². The van der Waals surface area contributed by atoms with Crippen LogP contribution in [0.15, 0.2) is 0 Å². The number of nitrogens with one attached hydrogen (secondary N) is 1. The SMILES string of the molecule is CCN(CC)CC.ONCl. The summed E-state index contributed by atoms with van der Waals surface area (Å²) in [6.45, 7) is 10.1. The highest BCUT2D eigenvalue weighted by atomic mass is 35.5. The molecule has 0 fully saturated rings. The van der Waals surface area contributed by atoms with Gasteiger partial charge in [0.2, 0.25) is 0 Å². The average molecular weight is 169 g/mol. The molecule has 0 aromatic heterocycles. The number of halogens is 1. The van der Waals surface area contributed by atoms with Gasteiger partial charge in [0.25, 0.3) is 0 Å². The maximum atomic E-state index is 7.08. The first-order chi connectivity index (χ1) is 4.76. The molecule has 0 aromatic rings. The molecule has 0 aliphatic heterocycles. The molecule has 0 aliphatic rings. The van der Waals surface area contributed by atoms with Gasteiger partial charge in [-0.1, -0.05) is 20.8 Å². The Morgan fingerprint density at radius 2 is 1.40 bits per heavy atom. The van der Waals surface area contributed by atoms with Crippen molar-refractivity contribution in [1.82, 2.24) is 9.90 Å². The molecule has 0 atom stereocenters. The summed E-state index contributed by atoms with van der Waals surface area (Å²) in [5.41, 5.74) is 0. The van der Waals surface area contributed by atoms with Gasteiger partial charge in [0.15, 0.2) is 0 Å². The lowest BCUT2D eigenvalue weighted by Gasteiger charge is -2.13. The van der Waals surface area contributed by atoms with Gasteiger partial charge >= 0.3 is 0 Å². The van der Waals surface area contributed by atoms with Crippen LogP contribution in [-0.2, 0) is 0 Å². The zero-order chi connectivity index (χ0) is 8.41. The number of hydrogen-bond donors (Lipinski definition) is 2. The van der Waals surface area contributed by atoms with E-state index in [0.717, 1.165) is 0 Å². The molecule has 4 heteroatoms. The standard InChI is InChI=1S/C6H15N.ClH2NO/c1-4-7(5-2)6-3;1-2-3/h4-6H2,1-3H3;2-3H. The van der Waals surface area contributed by atoms with Gasteiger partial charge in [-0.3, -0.25) is 0 Å². The second-order valence-electron chi connectivity index (χ2n) is 1.70. The van der Waals surface area contributed by atoms with Crippen molar-refractivity contribution >= 4 is 11.8 Å². The van der Waals surface area contributed by atoms with Gasteiger partial charge in [0.1, 0.15) is 0 Å². The van der Waals surface area contributed by atoms with Gasteiger partial charge < -0.3 is 10.1 Å². The summed E-state index contributed by atoms with van der Waals surface area (Å²) in [5.74, 6) is 0. The van der Waals surface area contributed by atoms with Crippen LogP contribution >= 0.6 is 11.8 Å². The second-order valence-corrected chi connectivity index (χ2v) is 1.87. The van der Waals surface area contributed by atoms with Crippen LogP contribution in [0.3, 0.4) is 0 Å². The summed E-state index contributed by atoms with van der Waals surface area (Å²) >= 11 is 4.30. The number of nitrogens with zero attached hydrogens (tertiary/aromatic N) is 1. The predicted molar refractivity (Wildman–Crippen MR) is 44.2 cm³/mol. The first kappa shape index (κ1) is 12.8. The van der Waals surface area contributed by atoms with E-state index in [9.17, 15) is 0 Å². The van der Waals surface area contributed by atoms with E-state index >= 15 is 0 Å². The van der Waals surface area contributed by atoms with E-state index in [1.165, 1.54) is 24.6 Å². The fourth-order valence-corrected chi connectivity index (χ4v) is 0.671. The van der Waals surface area contributed by atoms with Crippen LogP contribution in [0.25, 0.3) is 0 Å². The van der Waals surface area contributed by atoms with Crippen LogP contribution < -0.4 is 5.00 Å². The highest BCUT2D eigenvalue weighted by Gasteiger charge is 1.89. The third-order valence-electron chi connectivity index (χ3n) is 1.34. The molecule has 0 bridgehead atoms. The molecule has 0 aromatic carbocycles. The van der Waals surface area contributed by atoms with Crippen LogP contribution in [0.5, 0.6) is 0 Å². The van der Waals surface area contributed by atoms with Crippen molar-refractivity contribution in [1.29, 1.82) is 0 Å². The molecular formula is C6H17ClN2O. The van der Waals surface area contributed by atoms with Crippen LogP contribution in [0, 0.1) is 0 Å². The summed E-state index contributed by atoms with van der Waals surface area (Å²) in [7, 11) is 0. The first-order valence-electron chi connectivity index (χ1n) is 3.48. The molecule has 3 nitrogen and oxygen atoms in total. The van der Waals surface area contributed by atoms with Crippen molar-refractivity contribution in [2.75, 3.05) is 19.6 Å². The average Bonchev–Trinajstić information content (AvgIpc) is 1.93. The smallest absolute Gasteiger partial charge is 0.00268 e. The van der Waals surface area contributed by atoms with Gasteiger partial charge in [-0.25, -0.2) is 0 Å². The molecule has 0 heterocycles. The second kappa shape index (κ2) is 11.9. The Morgan fingerprint density at radius 1 is 1.20 bits per heavy atom. The molecule has 0 unspecified atom stereocenters. The van der Waals surface area contributed by atoms with Crippen molar-refractivity contribution in [2.45, 2.75) is 20.8 Å². The Balaban J connectivity index is 0. The minimum absolute atomic E-state index is 1.19. The van der Waals surface area contributed by atoms with Gasteiger partial charge in [-0.15, -0.1) is 5.00 Å². The molecule has 0 aliphatic carbocycles. The van der Waals surface area contributed by atoms with E-state index in [2.05, 4.69) is 37.4 Å². The molecule has 64 valence electrons. The zero-order valence-corrected chi connectivity index (χ0v) is 7.65. The molecular weight excluding hydrogens is 152 g/mol. The van der Waals surface area contributed by atoms with E-state index in [1.807, 2.05) is 0 Å². The maximum Gasteiger partial charge on any atom is 0.00268 e. The largest absolute Gasteiger partial charge is 0.304 e. The van der Waals surface area contributed by atoms with Crippen LogP contribution in [0.4, 0.5) is 0 Å². The lowest BCUT2D eigenvalue weighted by Crippen LogP contribution is -2.21. The maximum absolute atomic E-state index is 7.08. The Kier molecular flexibility index (Phi) is 15.3. The Labute approximate surface area is 68.0 Å². The third-order valence-corrected chi connectivity index (χ3v) is 1.34. The molecule has 0 spiro atoms. The fraction of sp³-hybridized carbons (Fsp3) is 1.00. The third kappa shape index (κ3) is 11.0. The van der Waals surface area contributed by atoms with E-state index in [4.69, 9.17) is 5.21 Å². The monoisotopic (exact) mass is 168 g/mol. The Hall–Kier alpha value is 0.170.